The van der Waals surface area contributed by atoms with Gasteiger partial charge in [-0.05, 0) is 69.2 Å². The maximum atomic E-state index is 5.77. The van der Waals surface area contributed by atoms with Crippen LogP contribution in [0.4, 0.5) is 5.69 Å². The molecule has 0 heterocycles. The Balaban J connectivity index is 1.82. The maximum Gasteiger partial charge on any atom is 0.171 e. The van der Waals surface area contributed by atoms with E-state index in [1.54, 1.807) is 0 Å². The topological polar surface area (TPSA) is 33.3 Å². The highest BCUT2D eigenvalue weighted by molar-refractivity contribution is 7.80. The zero-order valence-electron chi connectivity index (χ0n) is 14.1. The third kappa shape index (κ3) is 5.57. The first kappa shape index (κ1) is 17.3. The Kier molecular flexibility index (Phi) is 5.99. The molecule has 0 aromatic heterocycles. The number of nitrogens with one attached hydrogen (secondary N) is 2. The number of benzene rings is 2. The molecule has 23 heavy (non-hydrogen) atoms. The second-order valence-corrected chi connectivity index (χ2v) is 6.35. The van der Waals surface area contributed by atoms with Crippen LogP contribution < -0.4 is 15.4 Å². The molecule has 2 N–H and O–H groups in total. The van der Waals surface area contributed by atoms with Crippen LogP contribution in [-0.4, -0.2) is 17.8 Å². The van der Waals surface area contributed by atoms with Crippen LogP contribution in [0.1, 0.15) is 23.6 Å². The fraction of sp³-hybridized carbons (Fsp3) is 0.316. The summed E-state index contributed by atoms with van der Waals surface area (Å²) in [5.41, 5.74) is 4.64. The Bertz CT molecular complexity index is 668. The Hall–Kier alpha value is -2.07. The van der Waals surface area contributed by atoms with Crippen LogP contribution in [0.5, 0.6) is 5.75 Å². The molecule has 2 aromatic carbocycles. The summed E-state index contributed by atoms with van der Waals surface area (Å²) in [6, 6.07) is 14.4. The molecule has 2 rings (SSSR count). The molecule has 0 spiro atoms. The predicted molar refractivity (Wildman–Crippen MR) is 101 cm³/mol. The zero-order chi connectivity index (χ0) is 16.8. The van der Waals surface area contributed by atoms with Gasteiger partial charge >= 0.3 is 0 Å². The lowest BCUT2D eigenvalue weighted by Gasteiger charge is -2.18. The summed E-state index contributed by atoms with van der Waals surface area (Å²) in [5.74, 6) is 0.873. The van der Waals surface area contributed by atoms with Crippen molar-refractivity contribution in [2.24, 2.45) is 0 Å². The minimum Gasteiger partial charge on any atom is -0.491 e. The van der Waals surface area contributed by atoms with E-state index >= 15 is 0 Å². The van der Waals surface area contributed by atoms with Crippen LogP contribution in [-0.2, 0) is 0 Å². The molecule has 0 saturated heterocycles. The standard InChI is InChI=1S/C19H24N2OS/c1-13-6-9-17(10-7-13)22-12-16(4)20-19(23)21-18-11-14(2)5-8-15(18)3/h5-11,16H,12H2,1-4H3,(H2,20,21,23)/t16-/m0/s1. The molecule has 0 aliphatic carbocycles. The number of aryl methyl sites for hydroxylation is 3. The number of hydrogen-bond donors (Lipinski definition) is 2. The Morgan fingerprint density at radius 1 is 1.04 bits per heavy atom. The smallest absolute Gasteiger partial charge is 0.171 e. The molecule has 0 aliphatic rings. The maximum absolute atomic E-state index is 5.77. The molecule has 0 aliphatic heterocycles. The average molecular weight is 328 g/mol. The molecule has 0 unspecified atom stereocenters. The van der Waals surface area contributed by atoms with Gasteiger partial charge in [0.05, 0.1) is 6.04 Å². The van der Waals surface area contributed by atoms with E-state index in [0.717, 1.165) is 11.4 Å². The third-order valence-electron chi connectivity index (χ3n) is 3.54. The molecule has 0 amide bonds. The number of hydrogen-bond acceptors (Lipinski definition) is 2. The normalized spacial score (nSPS) is 11.7. The second kappa shape index (κ2) is 7.97. The summed E-state index contributed by atoms with van der Waals surface area (Å²) in [6.45, 7) is 8.79. The van der Waals surface area contributed by atoms with Gasteiger partial charge in [-0.15, -0.1) is 0 Å². The van der Waals surface area contributed by atoms with E-state index in [2.05, 4.69) is 49.6 Å². The number of ether oxygens (including phenoxy) is 1. The van der Waals surface area contributed by atoms with Crippen molar-refractivity contribution in [1.29, 1.82) is 0 Å². The SMILES string of the molecule is Cc1ccc(OC[C@H](C)NC(=S)Nc2cc(C)ccc2C)cc1. The summed E-state index contributed by atoms with van der Waals surface area (Å²) in [7, 11) is 0. The lowest BCUT2D eigenvalue weighted by molar-refractivity contribution is 0.287. The molecule has 4 heteroatoms. The molecule has 1 atom stereocenters. The van der Waals surface area contributed by atoms with Crippen LogP contribution in [0.2, 0.25) is 0 Å². The summed E-state index contributed by atoms with van der Waals surface area (Å²) >= 11 is 5.39. The highest BCUT2D eigenvalue weighted by Gasteiger charge is 2.07. The lowest BCUT2D eigenvalue weighted by Crippen LogP contribution is -2.39. The quantitative estimate of drug-likeness (QED) is 0.799. The van der Waals surface area contributed by atoms with Crippen molar-refractivity contribution in [3.8, 4) is 5.75 Å². The molecular formula is C19H24N2OS. The highest BCUT2D eigenvalue weighted by Crippen LogP contribution is 2.16. The molecule has 2 aromatic rings. The van der Waals surface area contributed by atoms with E-state index in [1.165, 1.54) is 16.7 Å². The third-order valence-corrected chi connectivity index (χ3v) is 3.76. The first-order chi connectivity index (χ1) is 10.9. The van der Waals surface area contributed by atoms with Crippen molar-refractivity contribution in [3.63, 3.8) is 0 Å². The molecule has 0 radical (unpaired) electrons. The van der Waals surface area contributed by atoms with Crippen molar-refractivity contribution in [2.45, 2.75) is 33.7 Å². The van der Waals surface area contributed by atoms with Crippen LogP contribution in [0.25, 0.3) is 0 Å². The first-order valence-corrected chi connectivity index (χ1v) is 8.19. The summed E-state index contributed by atoms with van der Waals surface area (Å²) < 4.78 is 5.77. The van der Waals surface area contributed by atoms with Crippen molar-refractivity contribution in [3.05, 3.63) is 59.2 Å². The number of thiocarbonyl (C=S) groups is 1. The number of anilines is 1. The summed E-state index contributed by atoms with van der Waals surface area (Å²) in [6.07, 6.45) is 0. The van der Waals surface area contributed by atoms with Gasteiger partial charge in [-0.25, -0.2) is 0 Å². The van der Waals surface area contributed by atoms with Crippen molar-refractivity contribution in [2.75, 3.05) is 11.9 Å². The second-order valence-electron chi connectivity index (χ2n) is 5.94. The Morgan fingerprint density at radius 2 is 1.70 bits per heavy atom. The van der Waals surface area contributed by atoms with Gasteiger partial charge in [0.15, 0.2) is 5.11 Å². The minimum atomic E-state index is 0.112. The Labute approximate surface area is 144 Å². The fourth-order valence-corrected chi connectivity index (χ4v) is 2.46. The van der Waals surface area contributed by atoms with E-state index in [-0.39, 0.29) is 6.04 Å². The largest absolute Gasteiger partial charge is 0.491 e. The van der Waals surface area contributed by atoms with E-state index in [0.29, 0.717) is 11.7 Å². The predicted octanol–water partition coefficient (Wildman–Crippen LogP) is 4.37. The molecule has 0 saturated carbocycles. The highest BCUT2D eigenvalue weighted by atomic mass is 32.1. The molecule has 0 fully saturated rings. The minimum absolute atomic E-state index is 0.112. The van der Waals surface area contributed by atoms with E-state index in [1.807, 2.05) is 31.2 Å². The average Bonchev–Trinajstić information content (AvgIpc) is 2.50. The van der Waals surface area contributed by atoms with Gasteiger partial charge in [0.2, 0.25) is 0 Å². The first-order valence-electron chi connectivity index (χ1n) is 7.78. The lowest BCUT2D eigenvalue weighted by atomic mass is 10.1. The van der Waals surface area contributed by atoms with Gasteiger partial charge in [-0.2, -0.15) is 0 Å². The molecule has 3 nitrogen and oxygen atoms in total. The van der Waals surface area contributed by atoms with Gasteiger partial charge in [-0.3, -0.25) is 0 Å². The van der Waals surface area contributed by atoms with Gasteiger partial charge < -0.3 is 15.4 Å². The van der Waals surface area contributed by atoms with Crippen LogP contribution in [0.3, 0.4) is 0 Å². The van der Waals surface area contributed by atoms with Crippen molar-refractivity contribution >= 4 is 23.0 Å². The van der Waals surface area contributed by atoms with E-state index in [9.17, 15) is 0 Å². The van der Waals surface area contributed by atoms with Crippen molar-refractivity contribution < 1.29 is 4.74 Å². The Morgan fingerprint density at radius 3 is 2.39 bits per heavy atom. The van der Waals surface area contributed by atoms with Gasteiger partial charge in [-0.1, -0.05) is 29.8 Å². The van der Waals surface area contributed by atoms with Crippen LogP contribution in [0.15, 0.2) is 42.5 Å². The van der Waals surface area contributed by atoms with Crippen molar-refractivity contribution in [1.82, 2.24) is 5.32 Å². The summed E-state index contributed by atoms with van der Waals surface area (Å²) in [5, 5.41) is 7.11. The van der Waals surface area contributed by atoms with Crippen LogP contribution >= 0.6 is 12.2 Å². The fourth-order valence-electron chi connectivity index (χ4n) is 2.15. The summed E-state index contributed by atoms with van der Waals surface area (Å²) in [4.78, 5) is 0. The molecule has 0 bridgehead atoms. The van der Waals surface area contributed by atoms with E-state index < -0.39 is 0 Å². The van der Waals surface area contributed by atoms with Gasteiger partial charge in [0.1, 0.15) is 12.4 Å². The van der Waals surface area contributed by atoms with E-state index in [4.69, 9.17) is 17.0 Å². The monoisotopic (exact) mass is 328 g/mol. The number of rotatable bonds is 5. The molecule has 122 valence electrons. The molecular weight excluding hydrogens is 304 g/mol. The van der Waals surface area contributed by atoms with Gasteiger partial charge in [0.25, 0.3) is 0 Å². The zero-order valence-corrected chi connectivity index (χ0v) is 15.0. The van der Waals surface area contributed by atoms with Crippen LogP contribution in [0, 0.1) is 20.8 Å². The van der Waals surface area contributed by atoms with Gasteiger partial charge in [0, 0.05) is 5.69 Å².